The summed E-state index contributed by atoms with van der Waals surface area (Å²) in [6.45, 7) is 9.87. The van der Waals surface area contributed by atoms with E-state index in [2.05, 4.69) is 20.4 Å². The van der Waals surface area contributed by atoms with E-state index >= 15 is 0 Å². The fraction of sp³-hybridized carbons (Fsp3) is 0.800. The summed E-state index contributed by atoms with van der Waals surface area (Å²) in [7, 11) is 0. The average Bonchev–Trinajstić information content (AvgIpc) is 2.49. The van der Waals surface area contributed by atoms with E-state index in [1.165, 1.54) is 0 Å². The number of aliphatic carboxylic acids is 1. The van der Waals surface area contributed by atoms with Crippen LogP contribution < -0.4 is 0 Å². The Morgan fingerprint density at radius 3 is 2.46 bits per heavy atom. The molecule has 6 unspecified atom stereocenters. The van der Waals surface area contributed by atoms with E-state index in [4.69, 9.17) is 0 Å². The van der Waals surface area contributed by atoms with Crippen molar-refractivity contribution in [1.82, 2.24) is 0 Å². The number of rotatable bonds is 2. The number of hydrogen-bond acceptors (Lipinski definition) is 3. The first kappa shape index (κ1) is 17.7. The highest BCUT2D eigenvalue weighted by Crippen LogP contribution is 2.65. The number of carboxylic acid groups (broad SMARTS) is 1. The fourth-order valence-corrected chi connectivity index (χ4v) is 6.29. The van der Waals surface area contributed by atoms with E-state index < -0.39 is 17.0 Å². The molecule has 2 N–H and O–H groups in total. The van der Waals surface area contributed by atoms with Gasteiger partial charge in [0.2, 0.25) is 0 Å². The third-order valence-corrected chi connectivity index (χ3v) is 7.88. The maximum absolute atomic E-state index is 13.0. The molecule has 134 valence electrons. The summed E-state index contributed by atoms with van der Waals surface area (Å²) >= 11 is 0. The second-order valence-corrected chi connectivity index (χ2v) is 9.31. The van der Waals surface area contributed by atoms with Gasteiger partial charge in [-0.2, -0.15) is 0 Å². The van der Waals surface area contributed by atoms with Gasteiger partial charge in [-0.1, -0.05) is 26.3 Å². The molecule has 0 aromatic carbocycles. The smallest absolute Gasteiger partial charge is 0.309 e. The highest BCUT2D eigenvalue weighted by molar-refractivity contribution is 5.90. The molecule has 3 fully saturated rings. The number of fused-ring (bicyclic) bond motifs is 3. The van der Waals surface area contributed by atoms with Gasteiger partial charge >= 0.3 is 5.97 Å². The molecule has 6 atom stereocenters. The van der Waals surface area contributed by atoms with Gasteiger partial charge in [0.05, 0.1) is 5.41 Å². The van der Waals surface area contributed by atoms with Gasteiger partial charge in [0, 0.05) is 12.3 Å². The van der Waals surface area contributed by atoms with E-state index in [1.807, 2.05) is 6.08 Å². The zero-order chi connectivity index (χ0) is 18.0. The lowest BCUT2D eigenvalue weighted by molar-refractivity contribution is -0.208. The predicted octanol–water partition coefficient (Wildman–Crippen LogP) is 3.58. The van der Waals surface area contributed by atoms with Crippen molar-refractivity contribution < 1.29 is 19.8 Å². The third-order valence-electron chi connectivity index (χ3n) is 7.88. The molecule has 0 aromatic heterocycles. The fourth-order valence-electron chi connectivity index (χ4n) is 6.29. The van der Waals surface area contributed by atoms with Gasteiger partial charge in [-0.25, -0.2) is 0 Å². The van der Waals surface area contributed by atoms with Crippen LogP contribution >= 0.6 is 0 Å². The molecule has 0 radical (unpaired) electrons. The Labute approximate surface area is 144 Å². The zero-order valence-electron chi connectivity index (χ0n) is 15.1. The molecule has 0 bridgehead atoms. The highest BCUT2D eigenvalue weighted by atomic mass is 16.4. The van der Waals surface area contributed by atoms with Gasteiger partial charge in [-0.15, -0.1) is 6.58 Å². The number of hydrogen-bond donors (Lipinski definition) is 2. The number of carbonyl (C=O) groups is 2. The Morgan fingerprint density at radius 1 is 1.21 bits per heavy atom. The molecule has 24 heavy (non-hydrogen) atoms. The van der Waals surface area contributed by atoms with E-state index in [0.717, 1.165) is 25.7 Å². The van der Waals surface area contributed by atoms with E-state index in [1.54, 1.807) is 6.92 Å². The van der Waals surface area contributed by atoms with Crippen molar-refractivity contribution >= 4 is 11.8 Å². The lowest BCUT2D eigenvalue weighted by atomic mass is 9.41. The number of allylic oxidation sites excluding steroid dienone is 1. The number of ketones is 1. The van der Waals surface area contributed by atoms with Crippen molar-refractivity contribution in [2.24, 2.45) is 28.1 Å². The van der Waals surface area contributed by atoms with Gasteiger partial charge in [-0.3, -0.25) is 9.59 Å². The van der Waals surface area contributed by atoms with Gasteiger partial charge in [-0.05, 0) is 55.8 Å². The molecule has 3 aliphatic rings. The molecule has 4 nitrogen and oxygen atoms in total. The second kappa shape index (κ2) is 5.17. The van der Waals surface area contributed by atoms with Gasteiger partial charge in [0.1, 0.15) is 5.60 Å². The number of carbonyl (C=O) groups excluding carboxylic acids is 1. The summed E-state index contributed by atoms with van der Waals surface area (Å²) in [4.78, 5) is 25.0. The number of aliphatic hydroxyl groups is 1. The van der Waals surface area contributed by atoms with E-state index in [-0.39, 0.29) is 34.9 Å². The monoisotopic (exact) mass is 334 g/mol. The molecule has 0 saturated heterocycles. The first-order chi connectivity index (χ1) is 11.0. The molecule has 0 spiro atoms. The SMILES string of the molecule is C=CC1(C)CCC2C(O)(C1)C(=O)CC1C(C)(C(=O)O)CCCC12C. The maximum atomic E-state index is 13.0. The van der Waals surface area contributed by atoms with Crippen molar-refractivity contribution in [3.63, 3.8) is 0 Å². The summed E-state index contributed by atoms with van der Waals surface area (Å²) in [5, 5.41) is 21.2. The Balaban J connectivity index is 2.05. The first-order valence-electron chi connectivity index (χ1n) is 9.14. The molecular weight excluding hydrogens is 304 g/mol. The van der Waals surface area contributed by atoms with Crippen molar-refractivity contribution in [2.45, 2.75) is 71.3 Å². The summed E-state index contributed by atoms with van der Waals surface area (Å²) in [5.74, 6) is -1.30. The first-order valence-corrected chi connectivity index (χ1v) is 9.14. The minimum absolute atomic E-state index is 0.150. The van der Waals surface area contributed by atoms with Crippen molar-refractivity contribution in [1.29, 1.82) is 0 Å². The van der Waals surface area contributed by atoms with Gasteiger partial charge in [0.25, 0.3) is 0 Å². The molecule has 0 heterocycles. The molecule has 3 saturated carbocycles. The largest absolute Gasteiger partial charge is 0.481 e. The zero-order valence-corrected chi connectivity index (χ0v) is 15.1. The van der Waals surface area contributed by atoms with E-state index in [0.29, 0.717) is 12.8 Å². The molecule has 3 rings (SSSR count). The summed E-state index contributed by atoms with van der Waals surface area (Å²) in [6.07, 6.45) is 6.46. The van der Waals surface area contributed by atoms with Crippen LogP contribution in [-0.4, -0.2) is 27.6 Å². The maximum Gasteiger partial charge on any atom is 0.309 e. The molecule has 4 heteroatoms. The minimum atomic E-state index is -1.33. The summed E-state index contributed by atoms with van der Waals surface area (Å²) < 4.78 is 0. The average molecular weight is 334 g/mol. The molecule has 0 aliphatic heterocycles. The number of carboxylic acids is 1. The van der Waals surface area contributed by atoms with Crippen LogP contribution in [0.1, 0.15) is 65.7 Å². The lowest BCUT2D eigenvalue weighted by Gasteiger charge is -2.63. The molecule has 0 amide bonds. The van der Waals surface area contributed by atoms with Crippen LogP contribution in [0.25, 0.3) is 0 Å². The molecular formula is C20H30O4. The van der Waals surface area contributed by atoms with Crippen LogP contribution in [0.3, 0.4) is 0 Å². The van der Waals surface area contributed by atoms with Crippen molar-refractivity contribution in [2.75, 3.05) is 0 Å². The van der Waals surface area contributed by atoms with Crippen LogP contribution in [0.2, 0.25) is 0 Å². The third kappa shape index (κ3) is 2.15. The van der Waals surface area contributed by atoms with Crippen molar-refractivity contribution in [3.8, 4) is 0 Å². The predicted molar refractivity (Wildman–Crippen MR) is 91.4 cm³/mol. The molecule has 3 aliphatic carbocycles. The van der Waals surface area contributed by atoms with Crippen LogP contribution in [0.5, 0.6) is 0 Å². The topological polar surface area (TPSA) is 74.6 Å². The lowest BCUT2D eigenvalue weighted by Crippen LogP contribution is -2.66. The van der Waals surface area contributed by atoms with Crippen molar-refractivity contribution in [3.05, 3.63) is 12.7 Å². The summed E-state index contributed by atoms with van der Waals surface area (Å²) in [5.41, 5.74) is -2.72. The Hall–Kier alpha value is -1.16. The minimum Gasteiger partial charge on any atom is -0.481 e. The van der Waals surface area contributed by atoms with Gasteiger partial charge < -0.3 is 10.2 Å². The standard InChI is InChI=1S/C20H30O4/c1-5-17(2)10-7-13-18(3)8-6-9-19(4,16(22)23)14(18)11-15(21)20(13,24)12-17/h5,13-14,24H,1,6-12H2,2-4H3,(H,22,23). The van der Waals surface area contributed by atoms with Crippen LogP contribution in [0.15, 0.2) is 12.7 Å². The number of Topliss-reactive ketones (excluding diaryl/α,β-unsaturated/α-hetero) is 1. The quantitative estimate of drug-likeness (QED) is 0.757. The highest BCUT2D eigenvalue weighted by Gasteiger charge is 2.67. The molecule has 0 aromatic rings. The Morgan fingerprint density at radius 2 is 1.88 bits per heavy atom. The van der Waals surface area contributed by atoms with Crippen LogP contribution in [0, 0.1) is 28.1 Å². The van der Waals surface area contributed by atoms with Gasteiger partial charge in [0.15, 0.2) is 5.78 Å². The van der Waals surface area contributed by atoms with Crippen LogP contribution in [0.4, 0.5) is 0 Å². The Bertz CT molecular complexity index is 598. The Kier molecular flexibility index (Phi) is 3.80. The van der Waals surface area contributed by atoms with E-state index in [9.17, 15) is 19.8 Å². The second-order valence-electron chi connectivity index (χ2n) is 9.31. The van der Waals surface area contributed by atoms with Crippen LogP contribution in [-0.2, 0) is 9.59 Å². The normalized spacial score (nSPS) is 51.4. The summed E-state index contributed by atoms with van der Waals surface area (Å²) in [6, 6.07) is 0.